The quantitative estimate of drug-likeness (QED) is 0.703. The first kappa shape index (κ1) is 21.7. The van der Waals surface area contributed by atoms with E-state index in [-0.39, 0.29) is 26.2 Å². The van der Waals surface area contributed by atoms with Crippen molar-refractivity contribution in [1.82, 2.24) is 10.2 Å². The predicted octanol–water partition coefficient (Wildman–Crippen LogP) is 3.72. The summed E-state index contributed by atoms with van der Waals surface area (Å²) in [4.78, 5) is 26.4. The highest BCUT2D eigenvalue weighted by Gasteiger charge is 2.54. The lowest BCUT2D eigenvalue weighted by molar-refractivity contribution is -0.163. The number of rotatable bonds is 4. The van der Waals surface area contributed by atoms with Crippen molar-refractivity contribution in [2.45, 2.75) is 37.4 Å². The average molecular weight is 495 g/mol. The van der Waals surface area contributed by atoms with E-state index >= 15 is 0 Å². The fourth-order valence-electron chi connectivity index (χ4n) is 4.13. The van der Waals surface area contributed by atoms with Gasteiger partial charge >= 0.3 is 6.09 Å². The van der Waals surface area contributed by atoms with Crippen LogP contribution in [-0.4, -0.2) is 48.0 Å². The van der Waals surface area contributed by atoms with Crippen molar-refractivity contribution in [2.24, 2.45) is 0 Å². The Labute approximate surface area is 186 Å². The van der Waals surface area contributed by atoms with Gasteiger partial charge in [0.05, 0.1) is 22.7 Å². The number of nitrogens with zero attached hydrogens (tertiary/aromatic N) is 1. The molecule has 31 heavy (non-hydrogen) atoms. The lowest BCUT2D eigenvalue weighted by Gasteiger charge is -2.41. The third kappa shape index (κ3) is 4.43. The monoisotopic (exact) mass is 494 g/mol. The molecule has 0 aliphatic carbocycles. The Balaban J connectivity index is 1.58. The SMILES string of the molecule is O=C1N[C@]2(CCN(C(=O)OCc3ccccc3)[C@H]2Cc2cccc(Br)c2F)COC1F. The van der Waals surface area contributed by atoms with Gasteiger partial charge in [-0.1, -0.05) is 42.5 Å². The van der Waals surface area contributed by atoms with Gasteiger partial charge in [-0.25, -0.2) is 13.6 Å². The van der Waals surface area contributed by atoms with Crippen LogP contribution in [0.15, 0.2) is 53.0 Å². The van der Waals surface area contributed by atoms with Crippen LogP contribution >= 0.6 is 15.9 Å². The minimum Gasteiger partial charge on any atom is -0.445 e. The number of hydrogen-bond donors (Lipinski definition) is 1. The molecule has 9 heteroatoms. The highest BCUT2D eigenvalue weighted by molar-refractivity contribution is 9.10. The number of hydrogen-bond acceptors (Lipinski definition) is 4. The van der Waals surface area contributed by atoms with Gasteiger partial charge in [0.15, 0.2) is 0 Å². The van der Waals surface area contributed by atoms with Gasteiger partial charge in [0.2, 0.25) is 0 Å². The number of benzene rings is 2. The van der Waals surface area contributed by atoms with Crippen LogP contribution in [0.5, 0.6) is 0 Å². The first-order chi connectivity index (χ1) is 14.9. The van der Waals surface area contributed by atoms with Gasteiger partial charge in [-0.2, -0.15) is 0 Å². The molecule has 6 nitrogen and oxygen atoms in total. The molecule has 2 aliphatic heterocycles. The van der Waals surface area contributed by atoms with Gasteiger partial charge in [-0.05, 0) is 46.0 Å². The van der Waals surface area contributed by atoms with Crippen LogP contribution in [0.2, 0.25) is 0 Å². The second-order valence-electron chi connectivity index (χ2n) is 7.69. The highest BCUT2D eigenvalue weighted by Crippen LogP contribution is 2.36. The topological polar surface area (TPSA) is 67.9 Å². The summed E-state index contributed by atoms with van der Waals surface area (Å²) in [6.45, 7) is 0.216. The Bertz CT molecular complexity index is 977. The van der Waals surface area contributed by atoms with Gasteiger partial charge in [0, 0.05) is 6.54 Å². The van der Waals surface area contributed by atoms with E-state index in [0.717, 1.165) is 5.56 Å². The van der Waals surface area contributed by atoms with Crippen LogP contribution in [0, 0.1) is 5.82 Å². The Hall–Kier alpha value is -2.52. The van der Waals surface area contributed by atoms with E-state index < -0.39 is 35.8 Å². The van der Waals surface area contributed by atoms with Crippen molar-refractivity contribution >= 4 is 27.9 Å². The number of halogens is 3. The maximum Gasteiger partial charge on any atom is 0.410 e. The number of nitrogens with one attached hydrogen (secondary N) is 1. The minimum absolute atomic E-state index is 0.0799. The summed E-state index contributed by atoms with van der Waals surface area (Å²) >= 11 is 3.17. The van der Waals surface area contributed by atoms with Gasteiger partial charge in [-0.3, -0.25) is 4.79 Å². The molecule has 2 aromatic carbocycles. The Morgan fingerprint density at radius 3 is 2.77 bits per heavy atom. The van der Waals surface area contributed by atoms with Crippen molar-refractivity contribution in [1.29, 1.82) is 0 Å². The van der Waals surface area contributed by atoms with Crippen molar-refractivity contribution in [2.75, 3.05) is 13.2 Å². The standard InChI is InChI=1S/C22H21BrF2N2O4/c23-16-8-4-7-15(18(16)24)11-17-22(13-31-19(25)20(28)26-22)9-10-27(17)21(29)30-12-14-5-2-1-3-6-14/h1-8,17,19H,9-13H2,(H,26,28)/t17-,19?,22+/m0/s1. The molecule has 2 aliphatic rings. The molecular weight excluding hydrogens is 474 g/mol. The van der Waals surface area contributed by atoms with E-state index in [9.17, 15) is 18.4 Å². The molecule has 2 amide bonds. The maximum absolute atomic E-state index is 14.7. The van der Waals surface area contributed by atoms with E-state index in [0.29, 0.717) is 16.5 Å². The van der Waals surface area contributed by atoms with Gasteiger partial charge in [0.25, 0.3) is 12.3 Å². The van der Waals surface area contributed by atoms with Crippen molar-refractivity contribution in [3.8, 4) is 0 Å². The Morgan fingerprint density at radius 2 is 2.03 bits per heavy atom. The summed E-state index contributed by atoms with van der Waals surface area (Å²) in [6, 6.07) is 13.4. The lowest BCUT2D eigenvalue weighted by atomic mass is 9.85. The molecule has 2 heterocycles. The number of amides is 2. The molecule has 1 spiro atoms. The van der Waals surface area contributed by atoms with E-state index in [1.165, 1.54) is 4.90 Å². The third-order valence-electron chi connectivity index (χ3n) is 5.76. The molecule has 1 unspecified atom stereocenters. The number of alkyl halides is 1. The lowest BCUT2D eigenvalue weighted by Crippen LogP contribution is -2.65. The summed E-state index contributed by atoms with van der Waals surface area (Å²) in [5.74, 6) is -1.35. The van der Waals surface area contributed by atoms with E-state index in [1.54, 1.807) is 18.2 Å². The smallest absolute Gasteiger partial charge is 0.410 e. The molecule has 1 N–H and O–H groups in total. The number of carbonyl (C=O) groups excluding carboxylic acids is 2. The molecule has 0 bridgehead atoms. The van der Waals surface area contributed by atoms with Crippen LogP contribution in [0.25, 0.3) is 0 Å². The van der Waals surface area contributed by atoms with E-state index in [1.807, 2.05) is 30.3 Å². The fraction of sp³-hybridized carbons (Fsp3) is 0.364. The molecule has 0 radical (unpaired) electrons. The number of likely N-dealkylation sites (tertiary alicyclic amines) is 1. The van der Waals surface area contributed by atoms with Gasteiger partial charge < -0.3 is 19.7 Å². The summed E-state index contributed by atoms with van der Waals surface area (Å²) in [7, 11) is 0. The second-order valence-corrected chi connectivity index (χ2v) is 8.54. The molecule has 3 atom stereocenters. The second kappa shape index (κ2) is 8.92. The van der Waals surface area contributed by atoms with Gasteiger partial charge in [0.1, 0.15) is 12.4 Å². The largest absolute Gasteiger partial charge is 0.445 e. The summed E-state index contributed by atoms with van der Waals surface area (Å²) < 4.78 is 39.1. The van der Waals surface area contributed by atoms with Crippen LogP contribution < -0.4 is 5.32 Å². The van der Waals surface area contributed by atoms with Crippen LogP contribution in [0.3, 0.4) is 0 Å². The summed E-state index contributed by atoms with van der Waals surface area (Å²) in [6.07, 6.45) is -2.20. The van der Waals surface area contributed by atoms with Crippen molar-refractivity contribution < 1.29 is 27.8 Å². The van der Waals surface area contributed by atoms with E-state index in [2.05, 4.69) is 21.2 Å². The van der Waals surface area contributed by atoms with Crippen molar-refractivity contribution in [3.05, 3.63) is 69.9 Å². The van der Waals surface area contributed by atoms with Crippen LogP contribution in [-0.2, 0) is 27.3 Å². The molecule has 4 rings (SSSR count). The molecule has 164 valence electrons. The van der Waals surface area contributed by atoms with E-state index in [4.69, 9.17) is 9.47 Å². The fourth-order valence-corrected chi connectivity index (χ4v) is 4.54. The molecular formula is C22H21BrF2N2O4. The number of morpholine rings is 1. The summed E-state index contributed by atoms with van der Waals surface area (Å²) in [5.41, 5.74) is 0.160. The average Bonchev–Trinajstić information content (AvgIpc) is 3.11. The van der Waals surface area contributed by atoms with Crippen LogP contribution in [0.1, 0.15) is 17.5 Å². The van der Waals surface area contributed by atoms with Crippen molar-refractivity contribution in [3.63, 3.8) is 0 Å². The third-order valence-corrected chi connectivity index (χ3v) is 6.38. The molecule has 0 aromatic heterocycles. The molecule has 2 fully saturated rings. The normalized spacial score (nSPS) is 25.5. The molecule has 2 saturated heterocycles. The first-order valence-electron chi connectivity index (χ1n) is 9.87. The molecule has 0 saturated carbocycles. The summed E-state index contributed by atoms with van der Waals surface area (Å²) in [5, 5.41) is 2.68. The zero-order valence-electron chi connectivity index (χ0n) is 16.5. The van der Waals surface area contributed by atoms with Crippen LogP contribution in [0.4, 0.5) is 13.6 Å². The maximum atomic E-state index is 14.7. The number of carbonyl (C=O) groups is 2. The Morgan fingerprint density at radius 1 is 1.26 bits per heavy atom. The van der Waals surface area contributed by atoms with Gasteiger partial charge in [-0.15, -0.1) is 0 Å². The minimum atomic E-state index is -2.06. The zero-order chi connectivity index (χ0) is 22.0. The predicted molar refractivity (Wildman–Crippen MR) is 111 cm³/mol. The number of ether oxygens (including phenoxy) is 2. The first-order valence-corrected chi connectivity index (χ1v) is 10.7. The Kier molecular flexibility index (Phi) is 6.24. The zero-order valence-corrected chi connectivity index (χ0v) is 18.1. The highest BCUT2D eigenvalue weighted by atomic mass is 79.9. The molecule has 2 aromatic rings.